The lowest BCUT2D eigenvalue weighted by Gasteiger charge is -1.75. The summed E-state index contributed by atoms with van der Waals surface area (Å²) in [6, 6.07) is 1.94. The highest BCUT2D eigenvalue weighted by atomic mass is 33.1. The van der Waals surface area contributed by atoms with Crippen LogP contribution in [0.1, 0.15) is 5.69 Å². The predicted molar refractivity (Wildman–Crippen MR) is 38.2 cm³/mol. The van der Waals surface area contributed by atoms with E-state index < -0.39 is 0 Å². The zero-order valence-corrected chi connectivity index (χ0v) is 6.09. The van der Waals surface area contributed by atoms with E-state index in [2.05, 4.69) is 21.9 Å². The molecule has 44 valence electrons. The van der Waals surface area contributed by atoms with Crippen LogP contribution < -0.4 is 0 Å². The number of hydrogen-bond acceptors (Lipinski definition) is 3. The van der Waals surface area contributed by atoms with Crippen molar-refractivity contribution in [3.8, 4) is 0 Å². The summed E-state index contributed by atoms with van der Waals surface area (Å²) in [5.41, 5.74) is 1.07. The number of hydrogen-bond donors (Lipinski definition) is 2. The molecule has 0 radical (unpaired) electrons. The first-order chi connectivity index (χ1) is 3.83. The normalized spacial score (nSPS) is 9.75. The van der Waals surface area contributed by atoms with Gasteiger partial charge >= 0.3 is 0 Å². The van der Waals surface area contributed by atoms with Gasteiger partial charge in [-0.15, -0.1) is 11.7 Å². The second kappa shape index (κ2) is 2.46. The van der Waals surface area contributed by atoms with Crippen LogP contribution in [0.3, 0.4) is 0 Å². The summed E-state index contributed by atoms with van der Waals surface area (Å²) in [4.78, 5) is 0. The van der Waals surface area contributed by atoms with Crippen molar-refractivity contribution in [1.82, 2.24) is 10.2 Å². The second-order valence-corrected chi connectivity index (χ2v) is 2.63. The van der Waals surface area contributed by atoms with Gasteiger partial charge in [-0.2, -0.15) is 5.10 Å². The molecule has 0 aliphatic carbocycles. The number of aryl methyl sites for hydroxylation is 1. The fourth-order valence-electron chi connectivity index (χ4n) is 0.440. The highest BCUT2D eigenvalue weighted by Gasteiger charge is 1.91. The number of rotatable bonds is 1. The maximum absolute atomic E-state index is 3.96. The Bertz CT molecular complexity index is 172. The van der Waals surface area contributed by atoms with Gasteiger partial charge in [-0.3, -0.25) is 5.10 Å². The predicted octanol–water partition coefficient (Wildman–Crippen LogP) is 1.66. The first kappa shape index (κ1) is 6.04. The van der Waals surface area contributed by atoms with E-state index in [1.807, 2.05) is 13.0 Å². The Morgan fingerprint density at radius 3 is 2.88 bits per heavy atom. The summed E-state index contributed by atoms with van der Waals surface area (Å²) in [5, 5.41) is 7.62. The smallest absolute Gasteiger partial charge is 0.128 e. The first-order valence-electron chi connectivity index (χ1n) is 2.16. The number of aromatic nitrogens is 2. The maximum atomic E-state index is 3.96. The van der Waals surface area contributed by atoms with Gasteiger partial charge < -0.3 is 0 Å². The number of thiol groups is 1. The van der Waals surface area contributed by atoms with Crippen LogP contribution in [-0.4, -0.2) is 10.2 Å². The minimum Gasteiger partial charge on any atom is -0.282 e. The van der Waals surface area contributed by atoms with Gasteiger partial charge in [-0.05, 0) is 23.8 Å². The Morgan fingerprint density at radius 2 is 2.62 bits per heavy atom. The van der Waals surface area contributed by atoms with Crippen LogP contribution in [0.15, 0.2) is 11.1 Å². The Labute approximate surface area is 56.9 Å². The minimum atomic E-state index is 0.922. The van der Waals surface area contributed by atoms with Crippen molar-refractivity contribution in [2.45, 2.75) is 11.9 Å². The summed E-state index contributed by atoms with van der Waals surface area (Å²) in [6.07, 6.45) is 0. The van der Waals surface area contributed by atoms with E-state index in [-0.39, 0.29) is 0 Å². The van der Waals surface area contributed by atoms with E-state index >= 15 is 0 Å². The van der Waals surface area contributed by atoms with Crippen LogP contribution in [-0.2, 0) is 0 Å². The molecule has 0 aliphatic heterocycles. The van der Waals surface area contributed by atoms with E-state index in [0.717, 1.165) is 10.7 Å². The molecule has 0 atom stereocenters. The fourth-order valence-corrected chi connectivity index (χ4v) is 1.04. The third-order valence-electron chi connectivity index (χ3n) is 0.776. The molecular formula is C4H6N2S2. The van der Waals surface area contributed by atoms with Crippen molar-refractivity contribution >= 4 is 22.5 Å². The van der Waals surface area contributed by atoms with Crippen LogP contribution in [0.5, 0.6) is 0 Å². The molecule has 0 aliphatic rings. The summed E-state index contributed by atoms with van der Waals surface area (Å²) in [5.74, 6) is 0. The zero-order chi connectivity index (χ0) is 5.98. The molecule has 0 amide bonds. The largest absolute Gasteiger partial charge is 0.282 e. The standard InChI is InChI=1S/C4H6N2S2/c1-3-2-4(8-7)6-5-3/h2,7H,1H3,(H,5,6). The van der Waals surface area contributed by atoms with Gasteiger partial charge in [-0.1, -0.05) is 0 Å². The summed E-state index contributed by atoms with van der Waals surface area (Å²) < 4.78 is 0. The molecule has 0 aromatic carbocycles. The number of nitrogens with one attached hydrogen (secondary N) is 1. The molecule has 1 heterocycles. The zero-order valence-electron chi connectivity index (χ0n) is 4.38. The Balaban J connectivity index is 2.84. The monoisotopic (exact) mass is 146 g/mol. The van der Waals surface area contributed by atoms with Gasteiger partial charge in [0.25, 0.3) is 0 Å². The molecule has 4 heteroatoms. The average Bonchev–Trinajstić information content (AvgIpc) is 2.14. The Hall–Kier alpha value is -0.0900. The molecular weight excluding hydrogens is 140 g/mol. The van der Waals surface area contributed by atoms with E-state index in [4.69, 9.17) is 0 Å². The maximum Gasteiger partial charge on any atom is 0.128 e. The Morgan fingerprint density at radius 1 is 1.88 bits per heavy atom. The quantitative estimate of drug-likeness (QED) is 0.466. The summed E-state index contributed by atoms with van der Waals surface area (Å²) in [6.45, 7) is 1.96. The van der Waals surface area contributed by atoms with Gasteiger partial charge in [0.2, 0.25) is 0 Å². The van der Waals surface area contributed by atoms with Crippen molar-refractivity contribution in [2.24, 2.45) is 0 Å². The van der Waals surface area contributed by atoms with Gasteiger partial charge in [0, 0.05) is 5.69 Å². The number of nitrogens with zero attached hydrogens (tertiary/aromatic N) is 1. The second-order valence-electron chi connectivity index (χ2n) is 1.48. The van der Waals surface area contributed by atoms with Crippen molar-refractivity contribution in [3.63, 3.8) is 0 Å². The van der Waals surface area contributed by atoms with Crippen molar-refractivity contribution < 1.29 is 0 Å². The van der Waals surface area contributed by atoms with Crippen LogP contribution in [0.2, 0.25) is 0 Å². The van der Waals surface area contributed by atoms with Gasteiger partial charge in [-0.25, -0.2) is 0 Å². The molecule has 0 unspecified atom stereocenters. The number of H-pyrrole nitrogens is 1. The van der Waals surface area contributed by atoms with E-state index in [1.54, 1.807) is 0 Å². The molecule has 0 spiro atoms. The van der Waals surface area contributed by atoms with Crippen LogP contribution in [0.4, 0.5) is 0 Å². The topological polar surface area (TPSA) is 28.7 Å². The van der Waals surface area contributed by atoms with E-state index in [0.29, 0.717) is 0 Å². The van der Waals surface area contributed by atoms with Crippen LogP contribution in [0.25, 0.3) is 0 Å². The lowest BCUT2D eigenvalue weighted by molar-refractivity contribution is 0.985. The summed E-state index contributed by atoms with van der Waals surface area (Å²) in [7, 11) is 1.34. The Kier molecular flexibility index (Phi) is 1.85. The average molecular weight is 146 g/mol. The molecule has 0 fully saturated rings. The number of aromatic amines is 1. The van der Waals surface area contributed by atoms with Gasteiger partial charge in [0.05, 0.1) is 0 Å². The molecule has 0 bridgehead atoms. The molecule has 1 aromatic rings. The van der Waals surface area contributed by atoms with Crippen molar-refractivity contribution in [1.29, 1.82) is 0 Å². The van der Waals surface area contributed by atoms with E-state index in [9.17, 15) is 0 Å². The molecule has 0 saturated heterocycles. The first-order valence-corrected chi connectivity index (χ1v) is 4.03. The van der Waals surface area contributed by atoms with Gasteiger partial charge in [0.15, 0.2) is 0 Å². The molecule has 0 saturated carbocycles. The minimum absolute atomic E-state index is 0.922. The van der Waals surface area contributed by atoms with E-state index in [1.165, 1.54) is 10.8 Å². The lowest BCUT2D eigenvalue weighted by Crippen LogP contribution is -1.67. The van der Waals surface area contributed by atoms with Crippen LogP contribution >= 0.6 is 22.5 Å². The van der Waals surface area contributed by atoms with Gasteiger partial charge in [0.1, 0.15) is 5.03 Å². The third kappa shape index (κ3) is 1.20. The molecule has 1 N–H and O–H groups in total. The van der Waals surface area contributed by atoms with Crippen LogP contribution in [0, 0.1) is 6.92 Å². The highest BCUT2D eigenvalue weighted by Crippen LogP contribution is 2.18. The molecule has 8 heavy (non-hydrogen) atoms. The lowest BCUT2D eigenvalue weighted by atomic mass is 10.5. The SMILES string of the molecule is Cc1cc(SS)n[nH]1. The fraction of sp³-hybridized carbons (Fsp3) is 0.250. The summed E-state index contributed by atoms with van der Waals surface area (Å²) >= 11 is 3.96. The van der Waals surface area contributed by atoms with Crippen molar-refractivity contribution in [2.75, 3.05) is 0 Å². The highest BCUT2D eigenvalue weighted by molar-refractivity contribution is 8.68. The third-order valence-corrected chi connectivity index (χ3v) is 1.73. The molecule has 2 nitrogen and oxygen atoms in total. The molecule has 1 aromatic heterocycles. The van der Waals surface area contributed by atoms with Crippen molar-refractivity contribution in [3.05, 3.63) is 11.8 Å². The molecule has 1 rings (SSSR count).